The van der Waals surface area contributed by atoms with Gasteiger partial charge in [-0.1, -0.05) is 23.7 Å². The molecule has 21 heavy (non-hydrogen) atoms. The van der Waals surface area contributed by atoms with Gasteiger partial charge in [0, 0.05) is 34.0 Å². The predicted octanol–water partition coefficient (Wildman–Crippen LogP) is 5.02. The van der Waals surface area contributed by atoms with Crippen molar-refractivity contribution in [3.63, 3.8) is 0 Å². The highest BCUT2D eigenvalue weighted by molar-refractivity contribution is 9.10. The van der Waals surface area contributed by atoms with Crippen LogP contribution >= 0.6 is 38.9 Å². The van der Waals surface area contributed by atoms with Gasteiger partial charge < -0.3 is 5.32 Å². The molecule has 0 aliphatic carbocycles. The van der Waals surface area contributed by atoms with Crippen molar-refractivity contribution < 1.29 is 0 Å². The number of anilines is 1. The second-order valence-corrected chi connectivity index (χ2v) is 7.19. The van der Waals surface area contributed by atoms with E-state index in [2.05, 4.69) is 50.6 Å². The number of hydrogen-bond acceptors (Lipinski definition) is 3. The molecule has 2 heterocycles. The minimum atomic E-state index is 0.765. The van der Waals surface area contributed by atoms with Crippen LogP contribution in [-0.2, 0) is 13.1 Å². The highest BCUT2D eigenvalue weighted by Gasteiger charge is 2.04. The van der Waals surface area contributed by atoms with Gasteiger partial charge in [0.25, 0.3) is 0 Å². The van der Waals surface area contributed by atoms with Crippen molar-refractivity contribution in [2.24, 2.45) is 0 Å². The fourth-order valence-electron chi connectivity index (χ4n) is 2.03. The lowest BCUT2D eigenvalue weighted by Gasteiger charge is -2.08. The third-order valence-corrected chi connectivity index (χ3v) is 5.47. The largest absolute Gasteiger partial charge is 0.380 e. The van der Waals surface area contributed by atoms with E-state index in [-0.39, 0.29) is 0 Å². The first kappa shape index (κ1) is 14.6. The number of benzene rings is 1. The number of nitrogens with one attached hydrogen (secondary N) is 1. The second-order valence-electron chi connectivity index (χ2n) is 4.59. The maximum absolute atomic E-state index is 6.05. The summed E-state index contributed by atoms with van der Waals surface area (Å²) in [4.78, 5) is 1.20. The topological polar surface area (TPSA) is 29.9 Å². The lowest BCUT2D eigenvalue weighted by Crippen LogP contribution is -2.02. The van der Waals surface area contributed by atoms with Crippen LogP contribution in [0.3, 0.4) is 0 Å². The minimum Gasteiger partial charge on any atom is -0.380 e. The standard InChI is InChI=1S/C15H13BrClN3S/c16-14-8-13(21-15(14)17)9-18-12-4-1-3-11(7-12)10-20-6-2-5-19-20/h1-8,18H,9-10H2. The zero-order chi connectivity index (χ0) is 14.7. The van der Waals surface area contributed by atoms with Gasteiger partial charge in [0.1, 0.15) is 4.34 Å². The fraction of sp³-hybridized carbons (Fsp3) is 0.133. The van der Waals surface area contributed by atoms with Gasteiger partial charge in [0.05, 0.1) is 6.54 Å². The summed E-state index contributed by atoms with van der Waals surface area (Å²) in [5.74, 6) is 0. The summed E-state index contributed by atoms with van der Waals surface area (Å²) in [7, 11) is 0. The molecule has 0 aliphatic heterocycles. The second kappa shape index (κ2) is 6.64. The normalized spacial score (nSPS) is 10.8. The van der Waals surface area contributed by atoms with Crippen molar-refractivity contribution in [1.29, 1.82) is 0 Å². The SMILES string of the molecule is Clc1sc(CNc2cccc(Cn3cccn3)c2)cc1Br. The van der Waals surface area contributed by atoms with Gasteiger partial charge in [0.2, 0.25) is 0 Å². The van der Waals surface area contributed by atoms with E-state index in [1.807, 2.05) is 23.0 Å². The van der Waals surface area contributed by atoms with Crippen molar-refractivity contribution in [1.82, 2.24) is 9.78 Å². The maximum Gasteiger partial charge on any atom is 0.107 e. The molecule has 3 rings (SSSR count). The van der Waals surface area contributed by atoms with Gasteiger partial charge >= 0.3 is 0 Å². The number of hydrogen-bond donors (Lipinski definition) is 1. The molecule has 0 saturated carbocycles. The van der Waals surface area contributed by atoms with E-state index in [4.69, 9.17) is 11.6 Å². The highest BCUT2D eigenvalue weighted by atomic mass is 79.9. The average molecular weight is 383 g/mol. The maximum atomic E-state index is 6.05. The summed E-state index contributed by atoms with van der Waals surface area (Å²) in [5.41, 5.74) is 2.31. The Kier molecular flexibility index (Phi) is 4.63. The number of nitrogens with zero attached hydrogens (tertiary/aromatic N) is 2. The number of rotatable bonds is 5. The molecule has 3 aromatic rings. The lowest BCUT2D eigenvalue weighted by molar-refractivity contribution is 0.687. The third-order valence-electron chi connectivity index (χ3n) is 2.99. The van der Waals surface area contributed by atoms with Crippen molar-refractivity contribution in [2.45, 2.75) is 13.1 Å². The Bertz CT molecular complexity index is 705. The third kappa shape index (κ3) is 3.87. The lowest BCUT2D eigenvalue weighted by atomic mass is 10.2. The van der Waals surface area contributed by atoms with Crippen LogP contribution in [0.15, 0.2) is 53.3 Å². The number of aromatic nitrogens is 2. The van der Waals surface area contributed by atoms with Crippen molar-refractivity contribution in [3.8, 4) is 0 Å². The van der Waals surface area contributed by atoms with Gasteiger partial charge in [-0.3, -0.25) is 4.68 Å². The zero-order valence-corrected chi connectivity index (χ0v) is 14.3. The number of thiophene rings is 1. The molecule has 0 spiro atoms. The van der Waals surface area contributed by atoms with Gasteiger partial charge in [-0.05, 0) is 45.8 Å². The van der Waals surface area contributed by atoms with Crippen molar-refractivity contribution in [2.75, 3.05) is 5.32 Å². The average Bonchev–Trinajstić information content (AvgIpc) is 3.08. The molecule has 0 atom stereocenters. The Labute approximate surface area is 140 Å². The van der Waals surface area contributed by atoms with Crippen LogP contribution < -0.4 is 5.32 Å². The molecule has 0 unspecified atom stereocenters. The molecule has 0 bridgehead atoms. The Hall–Kier alpha value is -1.30. The molecule has 1 N–H and O–H groups in total. The van der Waals surface area contributed by atoms with E-state index < -0.39 is 0 Å². The Morgan fingerprint density at radius 3 is 2.90 bits per heavy atom. The van der Waals surface area contributed by atoms with Crippen LogP contribution in [0.2, 0.25) is 4.34 Å². The molecule has 0 saturated heterocycles. The van der Waals surface area contributed by atoms with Gasteiger partial charge in [-0.25, -0.2) is 0 Å². The molecular formula is C15H13BrClN3S. The smallest absolute Gasteiger partial charge is 0.107 e. The van der Waals surface area contributed by atoms with E-state index in [0.717, 1.165) is 27.6 Å². The first-order valence-corrected chi connectivity index (χ1v) is 8.43. The van der Waals surface area contributed by atoms with Crippen LogP contribution in [-0.4, -0.2) is 9.78 Å². The van der Waals surface area contributed by atoms with Crippen molar-refractivity contribution >= 4 is 44.6 Å². The summed E-state index contributed by atoms with van der Waals surface area (Å²) in [6, 6.07) is 12.3. The Morgan fingerprint density at radius 2 is 2.19 bits per heavy atom. The van der Waals surface area contributed by atoms with E-state index >= 15 is 0 Å². The van der Waals surface area contributed by atoms with E-state index in [1.165, 1.54) is 10.4 Å². The van der Waals surface area contributed by atoms with E-state index in [0.29, 0.717) is 0 Å². The van der Waals surface area contributed by atoms with E-state index in [1.54, 1.807) is 17.5 Å². The summed E-state index contributed by atoms with van der Waals surface area (Å²) in [6.45, 7) is 1.54. The van der Waals surface area contributed by atoms with Crippen LogP contribution in [0.4, 0.5) is 5.69 Å². The zero-order valence-electron chi connectivity index (χ0n) is 11.1. The van der Waals surface area contributed by atoms with Crippen LogP contribution in [0.5, 0.6) is 0 Å². The highest BCUT2D eigenvalue weighted by Crippen LogP contribution is 2.32. The Morgan fingerprint density at radius 1 is 1.29 bits per heavy atom. The summed E-state index contributed by atoms with van der Waals surface area (Å²) >= 11 is 11.1. The van der Waals surface area contributed by atoms with E-state index in [9.17, 15) is 0 Å². The first-order valence-electron chi connectivity index (χ1n) is 6.44. The van der Waals surface area contributed by atoms with Crippen LogP contribution in [0.25, 0.3) is 0 Å². The molecule has 108 valence electrons. The summed E-state index contributed by atoms with van der Waals surface area (Å²) in [6.07, 6.45) is 3.76. The predicted molar refractivity (Wildman–Crippen MR) is 92.1 cm³/mol. The van der Waals surface area contributed by atoms with Crippen molar-refractivity contribution in [3.05, 3.63) is 68.0 Å². The molecule has 0 aliphatic rings. The molecule has 0 fully saturated rings. The molecule has 0 radical (unpaired) electrons. The monoisotopic (exact) mass is 381 g/mol. The Balaban J connectivity index is 1.65. The van der Waals surface area contributed by atoms with Gasteiger partial charge in [-0.2, -0.15) is 5.10 Å². The molecule has 1 aromatic carbocycles. The van der Waals surface area contributed by atoms with Crippen LogP contribution in [0.1, 0.15) is 10.4 Å². The molecule has 3 nitrogen and oxygen atoms in total. The first-order chi connectivity index (χ1) is 10.2. The molecule has 2 aromatic heterocycles. The summed E-state index contributed by atoms with van der Waals surface area (Å²) in [5, 5.41) is 7.65. The molecule has 0 amide bonds. The molecular weight excluding hydrogens is 370 g/mol. The fourth-order valence-corrected chi connectivity index (χ4v) is 3.76. The summed E-state index contributed by atoms with van der Waals surface area (Å²) < 4.78 is 3.66. The number of halogens is 2. The minimum absolute atomic E-state index is 0.765. The van der Waals surface area contributed by atoms with Gasteiger partial charge in [-0.15, -0.1) is 11.3 Å². The molecule has 6 heteroatoms. The quantitative estimate of drug-likeness (QED) is 0.671. The van der Waals surface area contributed by atoms with Crippen LogP contribution in [0, 0.1) is 0 Å². The van der Waals surface area contributed by atoms with Gasteiger partial charge in [0.15, 0.2) is 0 Å².